The van der Waals surface area contributed by atoms with Gasteiger partial charge in [0.25, 0.3) is 5.91 Å². The van der Waals surface area contributed by atoms with Gasteiger partial charge in [0.15, 0.2) is 6.10 Å². The number of aliphatic hydroxyl groups is 1. The molecule has 2 amide bonds. The minimum absolute atomic E-state index is 0.156. The first-order chi connectivity index (χ1) is 10.7. The molecular weight excluding hydrogens is 292 g/mol. The van der Waals surface area contributed by atoms with Crippen molar-refractivity contribution in [1.29, 1.82) is 0 Å². The predicted molar refractivity (Wildman–Crippen MR) is 90.9 cm³/mol. The molecule has 23 heavy (non-hydrogen) atoms. The molecule has 0 saturated carbocycles. The molecule has 5 nitrogen and oxygen atoms in total. The number of nitrogens with one attached hydrogen (secondary N) is 2. The van der Waals surface area contributed by atoms with Crippen LogP contribution in [0, 0.1) is 0 Å². The Morgan fingerprint density at radius 3 is 2.30 bits per heavy atom. The van der Waals surface area contributed by atoms with E-state index in [1.54, 1.807) is 0 Å². The van der Waals surface area contributed by atoms with Crippen molar-refractivity contribution in [3.8, 4) is 0 Å². The van der Waals surface area contributed by atoms with Gasteiger partial charge in [0.2, 0.25) is 5.91 Å². The maximum Gasteiger partial charge on any atom is 0.251 e. The summed E-state index contributed by atoms with van der Waals surface area (Å²) in [6.07, 6.45) is 0.192. The number of carbonyl (C=O) groups is 2. The van der Waals surface area contributed by atoms with Crippen LogP contribution in [0.2, 0.25) is 0 Å². The predicted octanol–water partition coefficient (Wildman–Crippen LogP) is 1.79. The monoisotopic (exact) mass is 320 g/mol. The van der Waals surface area contributed by atoms with E-state index < -0.39 is 23.6 Å². The van der Waals surface area contributed by atoms with E-state index in [-0.39, 0.29) is 5.91 Å². The Balaban J connectivity index is 2.84. The van der Waals surface area contributed by atoms with E-state index in [4.69, 9.17) is 0 Å². The van der Waals surface area contributed by atoms with Crippen molar-refractivity contribution >= 4 is 11.8 Å². The van der Waals surface area contributed by atoms with Crippen LogP contribution in [0.25, 0.3) is 0 Å². The zero-order valence-electron chi connectivity index (χ0n) is 14.4. The highest BCUT2D eigenvalue weighted by atomic mass is 16.3. The van der Waals surface area contributed by atoms with Gasteiger partial charge in [-0.2, -0.15) is 0 Å². The molecule has 5 heteroatoms. The summed E-state index contributed by atoms with van der Waals surface area (Å²) in [5, 5.41) is 15.9. The molecule has 0 aliphatic heterocycles. The largest absolute Gasteiger partial charge is 0.381 e. The average molecular weight is 320 g/mol. The molecule has 0 aliphatic carbocycles. The average Bonchev–Trinajstić information content (AvgIpc) is 2.45. The number of amides is 2. The highest BCUT2D eigenvalue weighted by molar-refractivity contribution is 5.83. The summed E-state index contributed by atoms with van der Waals surface area (Å²) in [6.45, 7) is 7.45. The van der Waals surface area contributed by atoms with Crippen LogP contribution < -0.4 is 10.6 Å². The molecule has 128 valence electrons. The SMILES string of the molecule is CCCC(=O)N[C@@H](Cc1ccccc1)C(O)C(=O)NC(C)(C)C. The van der Waals surface area contributed by atoms with Gasteiger partial charge in [-0.05, 0) is 39.2 Å². The number of hydrogen-bond donors (Lipinski definition) is 3. The molecular formula is C18H28N2O3. The third kappa shape index (κ3) is 7.28. The van der Waals surface area contributed by atoms with Gasteiger partial charge in [-0.15, -0.1) is 0 Å². The summed E-state index contributed by atoms with van der Waals surface area (Å²) >= 11 is 0. The van der Waals surface area contributed by atoms with Crippen molar-refractivity contribution in [3.05, 3.63) is 35.9 Å². The molecule has 2 atom stereocenters. The lowest BCUT2D eigenvalue weighted by Crippen LogP contribution is -2.55. The van der Waals surface area contributed by atoms with Crippen LogP contribution >= 0.6 is 0 Å². The summed E-state index contributed by atoms with van der Waals surface area (Å²) in [5.41, 5.74) is 0.514. The highest BCUT2D eigenvalue weighted by Gasteiger charge is 2.29. The van der Waals surface area contributed by atoms with Crippen molar-refractivity contribution in [3.63, 3.8) is 0 Å². The summed E-state index contributed by atoms with van der Waals surface area (Å²) < 4.78 is 0. The second-order valence-electron chi connectivity index (χ2n) is 6.80. The van der Waals surface area contributed by atoms with E-state index in [2.05, 4.69) is 10.6 Å². The van der Waals surface area contributed by atoms with Crippen LogP contribution in [0.1, 0.15) is 46.1 Å². The van der Waals surface area contributed by atoms with Crippen molar-refractivity contribution in [2.45, 2.75) is 64.6 Å². The highest BCUT2D eigenvalue weighted by Crippen LogP contribution is 2.09. The van der Waals surface area contributed by atoms with E-state index in [9.17, 15) is 14.7 Å². The maximum absolute atomic E-state index is 12.2. The summed E-state index contributed by atoms with van der Waals surface area (Å²) in [7, 11) is 0. The summed E-state index contributed by atoms with van der Waals surface area (Å²) in [5.74, 6) is -0.633. The van der Waals surface area contributed by atoms with E-state index >= 15 is 0 Å². The Morgan fingerprint density at radius 2 is 1.78 bits per heavy atom. The van der Waals surface area contributed by atoms with Crippen LogP contribution in [0.5, 0.6) is 0 Å². The molecule has 0 aliphatic rings. The van der Waals surface area contributed by atoms with Crippen molar-refractivity contribution < 1.29 is 14.7 Å². The Hall–Kier alpha value is -1.88. The smallest absolute Gasteiger partial charge is 0.251 e. The van der Waals surface area contributed by atoms with Gasteiger partial charge in [0.05, 0.1) is 6.04 Å². The number of rotatable bonds is 7. The lowest BCUT2D eigenvalue weighted by atomic mass is 9.99. The Morgan fingerprint density at radius 1 is 1.17 bits per heavy atom. The number of hydrogen-bond acceptors (Lipinski definition) is 3. The van der Waals surface area contributed by atoms with E-state index in [0.29, 0.717) is 19.3 Å². The van der Waals surface area contributed by atoms with E-state index in [1.807, 2.05) is 58.0 Å². The molecule has 0 radical (unpaired) electrons. The molecule has 1 unspecified atom stereocenters. The molecule has 3 N–H and O–H groups in total. The Kier molecular flexibility index (Phi) is 7.23. The fourth-order valence-electron chi connectivity index (χ4n) is 2.24. The molecule has 1 aromatic carbocycles. The van der Waals surface area contributed by atoms with Crippen LogP contribution in [0.15, 0.2) is 30.3 Å². The Bertz CT molecular complexity index is 509. The van der Waals surface area contributed by atoms with Gasteiger partial charge >= 0.3 is 0 Å². The molecule has 0 fully saturated rings. The lowest BCUT2D eigenvalue weighted by molar-refractivity contribution is -0.133. The first kappa shape index (κ1) is 19.2. The van der Waals surface area contributed by atoms with Gasteiger partial charge < -0.3 is 15.7 Å². The number of benzene rings is 1. The second kappa shape index (κ2) is 8.67. The quantitative estimate of drug-likeness (QED) is 0.717. The lowest BCUT2D eigenvalue weighted by Gasteiger charge is -2.27. The fraction of sp³-hybridized carbons (Fsp3) is 0.556. The number of carbonyl (C=O) groups excluding carboxylic acids is 2. The van der Waals surface area contributed by atoms with Crippen LogP contribution in [0.4, 0.5) is 0 Å². The first-order valence-corrected chi connectivity index (χ1v) is 8.06. The molecule has 0 aromatic heterocycles. The molecule has 0 spiro atoms. The normalized spacial score (nSPS) is 14.0. The van der Waals surface area contributed by atoms with Gasteiger partial charge in [0.1, 0.15) is 0 Å². The van der Waals surface area contributed by atoms with Crippen molar-refractivity contribution in [1.82, 2.24) is 10.6 Å². The third-order valence-corrected chi connectivity index (χ3v) is 3.27. The van der Waals surface area contributed by atoms with Crippen molar-refractivity contribution in [2.24, 2.45) is 0 Å². The van der Waals surface area contributed by atoms with Crippen LogP contribution in [-0.4, -0.2) is 34.6 Å². The van der Waals surface area contributed by atoms with Crippen LogP contribution in [0.3, 0.4) is 0 Å². The van der Waals surface area contributed by atoms with Gasteiger partial charge in [0, 0.05) is 12.0 Å². The van der Waals surface area contributed by atoms with Gasteiger partial charge in [-0.3, -0.25) is 9.59 Å². The van der Waals surface area contributed by atoms with Gasteiger partial charge in [-0.1, -0.05) is 37.3 Å². The number of aliphatic hydroxyl groups excluding tert-OH is 1. The second-order valence-corrected chi connectivity index (χ2v) is 6.80. The van der Waals surface area contributed by atoms with Gasteiger partial charge in [-0.25, -0.2) is 0 Å². The van der Waals surface area contributed by atoms with Crippen molar-refractivity contribution in [2.75, 3.05) is 0 Å². The minimum Gasteiger partial charge on any atom is -0.381 e. The molecule has 0 heterocycles. The zero-order valence-corrected chi connectivity index (χ0v) is 14.4. The fourth-order valence-corrected chi connectivity index (χ4v) is 2.24. The third-order valence-electron chi connectivity index (χ3n) is 3.27. The topological polar surface area (TPSA) is 78.4 Å². The zero-order chi connectivity index (χ0) is 17.5. The Labute approximate surface area is 138 Å². The maximum atomic E-state index is 12.2. The summed E-state index contributed by atoms with van der Waals surface area (Å²) in [6, 6.07) is 8.85. The summed E-state index contributed by atoms with van der Waals surface area (Å²) in [4.78, 5) is 24.1. The minimum atomic E-state index is -1.30. The standard InChI is InChI=1S/C18H28N2O3/c1-5-9-15(21)19-14(12-13-10-7-6-8-11-13)16(22)17(23)20-18(2,3)4/h6-8,10-11,14,16,22H,5,9,12H2,1-4H3,(H,19,21)(H,20,23)/t14-,16?/m0/s1. The first-order valence-electron chi connectivity index (χ1n) is 8.06. The van der Waals surface area contributed by atoms with Crippen LogP contribution in [-0.2, 0) is 16.0 Å². The van der Waals surface area contributed by atoms with E-state index in [0.717, 1.165) is 5.56 Å². The molecule has 0 saturated heterocycles. The molecule has 0 bridgehead atoms. The molecule has 1 rings (SSSR count). The van der Waals surface area contributed by atoms with E-state index in [1.165, 1.54) is 0 Å². The molecule has 1 aromatic rings.